The maximum atomic E-state index is 13.6. The van der Waals surface area contributed by atoms with E-state index in [1.54, 1.807) is 12.1 Å². The van der Waals surface area contributed by atoms with Crippen molar-refractivity contribution in [3.63, 3.8) is 0 Å². The monoisotopic (exact) mass is 318 g/mol. The summed E-state index contributed by atoms with van der Waals surface area (Å²) in [5.41, 5.74) is 3.79. The summed E-state index contributed by atoms with van der Waals surface area (Å²) < 4.78 is 13.6. The van der Waals surface area contributed by atoms with Crippen molar-refractivity contribution in [2.45, 2.75) is 79.1 Å². The van der Waals surface area contributed by atoms with Gasteiger partial charge in [-0.2, -0.15) is 0 Å². The van der Waals surface area contributed by atoms with E-state index >= 15 is 0 Å². The van der Waals surface area contributed by atoms with Crippen molar-refractivity contribution in [3.05, 3.63) is 47.3 Å². The average molecular weight is 319 g/mol. The molecular weight excluding hydrogens is 283 g/mol. The SMILES string of the molecule is C=C(CC)CC(CC)C(c1ccc(F)cc1C)C(CC)CCC. The molecule has 0 radical (unpaired) electrons. The molecule has 0 aromatic heterocycles. The van der Waals surface area contributed by atoms with E-state index in [1.165, 1.54) is 30.4 Å². The van der Waals surface area contributed by atoms with Crippen molar-refractivity contribution in [1.82, 2.24) is 0 Å². The van der Waals surface area contributed by atoms with Gasteiger partial charge < -0.3 is 0 Å². The molecule has 23 heavy (non-hydrogen) atoms. The Bertz CT molecular complexity index is 489. The number of hydrogen-bond acceptors (Lipinski definition) is 0. The van der Waals surface area contributed by atoms with Crippen LogP contribution >= 0.6 is 0 Å². The highest BCUT2D eigenvalue weighted by Crippen LogP contribution is 2.42. The van der Waals surface area contributed by atoms with Crippen molar-refractivity contribution < 1.29 is 4.39 Å². The number of halogens is 1. The van der Waals surface area contributed by atoms with Crippen molar-refractivity contribution in [3.8, 4) is 0 Å². The molecule has 3 unspecified atom stereocenters. The molecule has 0 aliphatic heterocycles. The topological polar surface area (TPSA) is 0 Å². The van der Waals surface area contributed by atoms with Gasteiger partial charge in [-0.05, 0) is 60.8 Å². The molecule has 1 aromatic rings. The van der Waals surface area contributed by atoms with Crippen molar-refractivity contribution in [1.29, 1.82) is 0 Å². The van der Waals surface area contributed by atoms with E-state index in [9.17, 15) is 4.39 Å². The predicted molar refractivity (Wildman–Crippen MR) is 100 cm³/mol. The summed E-state index contributed by atoms with van der Waals surface area (Å²) >= 11 is 0. The highest BCUT2D eigenvalue weighted by Gasteiger charge is 2.29. The zero-order chi connectivity index (χ0) is 17.4. The minimum atomic E-state index is -0.125. The molecule has 1 heteroatoms. The summed E-state index contributed by atoms with van der Waals surface area (Å²) in [5.74, 6) is 1.65. The minimum Gasteiger partial charge on any atom is -0.207 e. The third-order valence-corrected chi connectivity index (χ3v) is 5.37. The Labute approximate surface area is 143 Å². The molecule has 130 valence electrons. The standard InChI is InChI=1S/C22H35F/c1-7-11-18(9-3)22(19(10-4)14-16(5)8-2)21-13-12-20(23)15-17(21)6/h12-13,15,18-19,22H,5,7-11,14H2,1-4,6H3. The fourth-order valence-corrected chi connectivity index (χ4v) is 3.95. The van der Waals surface area contributed by atoms with E-state index in [2.05, 4.69) is 41.2 Å². The third kappa shape index (κ3) is 5.48. The smallest absolute Gasteiger partial charge is 0.123 e. The molecule has 0 aliphatic rings. The fraction of sp³-hybridized carbons (Fsp3) is 0.636. The number of benzene rings is 1. The molecule has 0 spiro atoms. The molecule has 0 nitrogen and oxygen atoms in total. The number of allylic oxidation sites excluding steroid dienone is 1. The van der Waals surface area contributed by atoms with Gasteiger partial charge >= 0.3 is 0 Å². The zero-order valence-electron chi connectivity index (χ0n) is 15.8. The third-order valence-electron chi connectivity index (χ3n) is 5.37. The van der Waals surface area contributed by atoms with Crippen molar-refractivity contribution >= 4 is 0 Å². The van der Waals surface area contributed by atoms with Gasteiger partial charge in [0, 0.05) is 0 Å². The van der Waals surface area contributed by atoms with Gasteiger partial charge in [0.15, 0.2) is 0 Å². The zero-order valence-corrected chi connectivity index (χ0v) is 15.8. The van der Waals surface area contributed by atoms with Gasteiger partial charge in [0.2, 0.25) is 0 Å². The van der Waals surface area contributed by atoms with E-state index in [0.717, 1.165) is 24.8 Å². The Morgan fingerprint density at radius 1 is 1.09 bits per heavy atom. The molecule has 1 rings (SSSR count). The molecular formula is C22H35F. The number of aryl methyl sites for hydroxylation is 1. The van der Waals surface area contributed by atoms with Gasteiger partial charge in [0.25, 0.3) is 0 Å². The van der Waals surface area contributed by atoms with Gasteiger partial charge in [0.05, 0.1) is 0 Å². The molecule has 0 heterocycles. The van der Waals surface area contributed by atoms with Gasteiger partial charge in [-0.15, -0.1) is 0 Å². The highest BCUT2D eigenvalue weighted by atomic mass is 19.1. The van der Waals surface area contributed by atoms with E-state index in [1.807, 2.05) is 6.07 Å². The summed E-state index contributed by atoms with van der Waals surface area (Å²) in [6.07, 6.45) is 6.93. The first-order valence-corrected chi connectivity index (χ1v) is 9.40. The fourth-order valence-electron chi connectivity index (χ4n) is 3.95. The Kier molecular flexibility index (Phi) is 8.58. The first kappa shape index (κ1) is 19.9. The van der Waals surface area contributed by atoms with Crippen molar-refractivity contribution in [2.24, 2.45) is 11.8 Å². The summed E-state index contributed by atoms with van der Waals surface area (Å²) in [4.78, 5) is 0. The summed E-state index contributed by atoms with van der Waals surface area (Å²) in [5, 5.41) is 0. The molecule has 0 amide bonds. The van der Waals surface area contributed by atoms with E-state index in [-0.39, 0.29) is 5.82 Å². The second-order valence-electron chi connectivity index (χ2n) is 6.96. The van der Waals surface area contributed by atoms with Gasteiger partial charge in [-0.25, -0.2) is 4.39 Å². The maximum Gasteiger partial charge on any atom is 0.123 e. The lowest BCUT2D eigenvalue weighted by molar-refractivity contribution is 0.273. The maximum absolute atomic E-state index is 13.6. The lowest BCUT2D eigenvalue weighted by Gasteiger charge is -2.35. The molecule has 0 bridgehead atoms. The number of rotatable bonds is 10. The van der Waals surface area contributed by atoms with Gasteiger partial charge in [0.1, 0.15) is 5.82 Å². The van der Waals surface area contributed by atoms with Crippen LogP contribution in [0.2, 0.25) is 0 Å². The summed E-state index contributed by atoms with van der Waals surface area (Å²) in [6, 6.07) is 5.36. The van der Waals surface area contributed by atoms with Crippen molar-refractivity contribution in [2.75, 3.05) is 0 Å². The van der Waals surface area contributed by atoms with E-state index < -0.39 is 0 Å². The van der Waals surface area contributed by atoms with Crippen LogP contribution in [0.1, 0.15) is 83.3 Å². The largest absolute Gasteiger partial charge is 0.207 e. The Hall–Kier alpha value is -1.11. The quantitative estimate of drug-likeness (QED) is 0.393. The molecule has 0 N–H and O–H groups in total. The van der Waals surface area contributed by atoms with Crippen LogP contribution in [0.5, 0.6) is 0 Å². The van der Waals surface area contributed by atoms with Crippen LogP contribution in [0.3, 0.4) is 0 Å². The second kappa shape index (κ2) is 9.90. The first-order chi connectivity index (χ1) is 11.0. The summed E-state index contributed by atoms with van der Waals surface area (Å²) in [6.45, 7) is 15.4. The molecule has 0 saturated carbocycles. The molecule has 0 aliphatic carbocycles. The van der Waals surface area contributed by atoms with Crippen LogP contribution in [0, 0.1) is 24.6 Å². The Morgan fingerprint density at radius 2 is 1.74 bits per heavy atom. The van der Waals surface area contributed by atoms with Crippen LogP contribution in [-0.2, 0) is 0 Å². The highest BCUT2D eigenvalue weighted by molar-refractivity contribution is 5.31. The van der Waals surface area contributed by atoms with E-state index in [0.29, 0.717) is 17.8 Å². The molecule has 3 atom stereocenters. The Balaban J connectivity index is 3.25. The second-order valence-corrected chi connectivity index (χ2v) is 6.96. The lowest BCUT2D eigenvalue weighted by atomic mass is 9.70. The molecule has 1 aromatic carbocycles. The normalized spacial score (nSPS) is 15.2. The van der Waals surface area contributed by atoms with E-state index in [4.69, 9.17) is 0 Å². The molecule has 0 saturated heterocycles. The predicted octanol–water partition coefficient (Wildman–Crippen LogP) is 7.43. The first-order valence-electron chi connectivity index (χ1n) is 9.40. The molecule has 0 fully saturated rings. The van der Waals surface area contributed by atoms with Crippen LogP contribution in [0.4, 0.5) is 4.39 Å². The van der Waals surface area contributed by atoms with Crippen LogP contribution in [0.25, 0.3) is 0 Å². The van der Waals surface area contributed by atoms with Crippen LogP contribution < -0.4 is 0 Å². The number of hydrogen-bond donors (Lipinski definition) is 0. The van der Waals surface area contributed by atoms with Crippen LogP contribution in [0.15, 0.2) is 30.4 Å². The average Bonchev–Trinajstić information content (AvgIpc) is 2.54. The van der Waals surface area contributed by atoms with Crippen LogP contribution in [-0.4, -0.2) is 0 Å². The van der Waals surface area contributed by atoms with Gasteiger partial charge in [-0.1, -0.05) is 71.6 Å². The summed E-state index contributed by atoms with van der Waals surface area (Å²) in [7, 11) is 0. The lowest BCUT2D eigenvalue weighted by Crippen LogP contribution is -2.23. The minimum absolute atomic E-state index is 0.125. The Morgan fingerprint density at radius 3 is 2.22 bits per heavy atom. The van der Waals surface area contributed by atoms with Gasteiger partial charge in [-0.3, -0.25) is 0 Å².